The molecule has 1 aromatic heterocycles. The summed E-state index contributed by atoms with van der Waals surface area (Å²) in [5.74, 6) is 0. The summed E-state index contributed by atoms with van der Waals surface area (Å²) in [7, 11) is 0. The van der Waals surface area contributed by atoms with Gasteiger partial charge in [-0.3, -0.25) is 4.79 Å². The van der Waals surface area contributed by atoms with Gasteiger partial charge in [0.15, 0.2) is 0 Å². The standard InChI is InChI=1S/C18H20N2O2/c1-4-13(3)22-11-14-7-5-6-8-15(14)16-9-12(2)20-18(21)17(16)10-19/h5-9,13H,4,11H2,1-3H3,(H,20,21). The lowest BCUT2D eigenvalue weighted by atomic mass is 9.96. The molecule has 0 spiro atoms. The molecule has 1 atom stereocenters. The van der Waals surface area contributed by atoms with E-state index in [0.29, 0.717) is 12.2 Å². The van der Waals surface area contributed by atoms with E-state index >= 15 is 0 Å². The Kier molecular flexibility index (Phi) is 5.13. The monoisotopic (exact) mass is 296 g/mol. The van der Waals surface area contributed by atoms with Crippen LogP contribution in [-0.4, -0.2) is 11.1 Å². The van der Waals surface area contributed by atoms with Crippen molar-refractivity contribution >= 4 is 0 Å². The van der Waals surface area contributed by atoms with Crippen LogP contribution in [0.15, 0.2) is 35.1 Å². The molecule has 2 rings (SSSR count). The zero-order valence-electron chi connectivity index (χ0n) is 13.1. The molecule has 1 N–H and O–H groups in total. The fraction of sp³-hybridized carbons (Fsp3) is 0.333. The van der Waals surface area contributed by atoms with Crippen LogP contribution in [0.25, 0.3) is 11.1 Å². The molecule has 4 heteroatoms. The summed E-state index contributed by atoms with van der Waals surface area (Å²) < 4.78 is 5.80. The molecule has 114 valence electrons. The van der Waals surface area contributed by atoms with Gasteiger partial charge < -0.3 is 9.72 Å². The molecule has 0 aliphatic rings. The van der Waals surface area contributed by atoms with Crippen molar-refractivity contribution in [2.45, 2.75) is 39.9 Å². The van der Waals surface area contributed by atoms with Gasteiger partial charge in [-0.25, -0.2) is 0 Å². The van der Waals surface area contributed by atoms with Crippen molar-refractivity contribution in [2.75, 3.05) is 0 Å². The Labute approximate surface area is 130 Å². The van der Waals surface area contributed by atoms with Gasteiger partial charge in [0, 0.05) is 11.3 Å². The number of ether oxygens (including phenoxy) is 1. The molecule has 22 heavy (non-hydrogen) atoms. The Morgan fingerprint density at radius 1 is 1.32 bits per heavy atom. The number of rotatable bonds is 5. The highest BCUT2D eigenvalue weighted by Crippen LogP contribution is 2.26. The maximum Gasteiger partial charge on any atom is 0.266 e. The maximum absolute atomic E-state index is 12.0. The first kappa shape index (κ1) is 16.0. The quantitative estimate of drug-likeness (QED) is 0.917. The van der Waals surface area contributed by atoms with E-state index in [1.165, 1.54) is 0 Å². The predicted octanol–water partition coefficient (Wildman–Crippen LogP) is 3.54. The molecule has 0 saturated heterocycles. The van der Waals surface area contributed by atoms with Gasteiger partial charge in [0.1, 0.15) is 11.6 Å². The molecular weight excluding hydrogens is 276 g/mol. The van der Waals surface area contributed by atoms with Crippen molar-refractivity contribution in [2.24, 2.45) is 0 Å². The number of pyridine rings is 1. The largest absolute Gasteiger partial charge is 0.374 e. The summed E-state index contributed by atoms with van der Waals surface area (Å²) in [5.41, 5.74) is 3.03. The second-order valence-electron chi connectivity index (χ2n) is 5.37. The van der Waals surface area contributed by atoms with Gasteiger partial charge in [-0.1, -0.05) is 31.2 Å². The molecular formula is C18H20N2O2. The van der Waals surface area contributed by atoms with Crippen LogP contribution in [0.4, 0.5) is 0 Å². The van der Waals surface area contributed by atoms with Gasteiger partial charge in [-0.2, -0.15) is 5.26 Å². The Morgan fingerprint density at radius 3 is 2.73 bits per heavy atom. The van der Waals surface area contributed by atoms with Crippen LogP contribution < -0.4 is 5.56 Å². The molecule has 1 aromatic carbocycles. The molecule has 0 aliphatic heterocycles. The van der Waals surface area contributed by atoms with Gasteiger partial charge in [0.25, 0.3) is 5.56 Å². The summed E-state index contributed by atoms with van der Waals surface area (Å²) in [6.45, 7) is 6.37. The molecule has 0 saturated carbocycles. The Bertz CT molecular complexity index is 756. The number of nitriles is 1. The smallest absolute Gasteiger partial charge is 0.266 e. The van der Waals surface area contributed by atoms with Crippen LogP contribution in [-0.2, 0) is 11.3 Å². The van der Waals surface area contributed by atoms with E-state index in [1.54, 1.807) is 0 Å². The van der Waals surface area contributed by atoms with Crippen LogP contribution in [0.3, 0.4) is 0 Å². The first-order valence-electron chi connectivity index (χ1n) is 7.40. The topological polar surface area (TPSA) is 65.9 Å². The Balaban J connectivity index is 2.50. The number of aryl methyl sites for hydroxylation is 1. The Morgan fingerprint density at radius 2 is 2.05 bits per heavy atom. The number of hydrogen-bond donors (Lipinski definition) is 1. The third kappa shape index (κ3) is 3.44. The van der Waals surface area contributed by atoms with Crippen molar-refractivity contribution in [3.05, 3.63) is 57.5 Å². The molecule has 4 nitrogen and oxygen atoms in total. The minimum absolute atomic E-state index is 0.140. The molecule has 1 unspecified atom stereocenters. The second kappa shape index (κ2) is 7.06. The number of aromatic nitrogens is 1. The zero-order chi connectivity index (χ0) is 16.1. The first-order chi connectivity index (χ1) is 10.6. The van der Waals surface area contributed by atoms with E-state index < -0.39 is 0 Å². The maximum atomic E-state index is 12.0. The number of benzene rings is 1. The van der Waals surface area contributed by atoms with Crippen molar-refractivity contribution in [3.8, 4) is 17.2 Å². The van der Waals surface area contributed by atoms with Gasteiger partial charge in [0.2, 0.25) is 0 Å². The highest BCUT2D eigenvalue weighted by atomic mass is 16.5. The van der Waals surface area contributed by atoms with Crippen molar-refractivity contribution in [1.29, 1.82) is 5.26 Å². The van der Waals surface area contributed by atoms with Gasteiger partial charge in [0.05, 0.1) is 12.7 Å². The van der Waals surface area contributed by atoms with Crippen LogP contribution in [0.5, 0.6) is 0 Å². The minimum Gasteiger partial charge on any atom is -0.374 e. The molecule has 0 bridgehead atoms. The van der Waals surface area contributed by atoms with E-state index in [0.717, 1.165) is 23.2 Å². The van der Waals surface area contributed by atoms with Gasteiger partial charge in [-0.15, -0.1) is 0 Å². The lowest BCUT2D eigenvalue weighted by Crippen LogP contribution is -2.13. The summed E-state index contributed by atoms with van der Waals surface area (Å²) in [6.07, 6.45) is 1.11. The molecule has 2 aromatic rings. The van der Waals surface area contributed by atoms with E-state index in [1.807, 2.05) is 50.2 Å². The first-order valence-corrected chi connectivity index (χ1v) is 7.40. The normalized spacial score (nSPS) is 11.9. The number of hydrogen-bond acceptors (Lipinski definition) is 3. The van der Waals surface area contributed by atoms with Crippen LogP contribution in [0.1, 0.15) is 37.1 Å². The highest BCUT2D eigenvalue weighted by Gasteiger charge is 2.13. The molecule has 0 amide bonds. The molecule has 0 fully saturated rings. The van der Waals surface area contributed by atoms with Crippen LogP contribution in [0, 0.1) is 18.3 Å². The fourth-order valence-electron chi connectivity index (χ4n) is 2.27. The predicted molar refractivity (Wildman–Crippen MR) is 86.5 cm³/mol. The summed E-state index contributed by atoms with van der Waals surface area (Å²) >= 11 is 0. The third-order valence-electron chi connectivity index (χ3n) is 3.69. The SMILES string of the molecule is CCC(C)OCc1ccccc1-c1cc(C)[nH]c(=O)c1C#N. The lowest BCUT2D eigenvalue weighted by Gasteiger charge is -2.14. The lowest BCUT2D eigenvalue weighted by molar-refractivity contribution is 0.0511. The average Bonchev–Trinajstić information content (AvgIpc) is 2.52. The number of H-pyrrole nitrogens is 1. The Hall–Kier alpha value is -2.38. The van der Waals surface area contributed by atoms with Crippen molar-refractivity contribution < 1.29 is 4.74 Å². The van der Waals surface area contributed by atoms with Gasteiger partial charge >= 0.3 is 0 Å². The fourth-order valence-corrected chi connectivity index (χ4v) is 2.27. The van der Waals surface area contributed by atoms with E-state index in [4.69, 9.17) is 4.74 Å². The van der Waals surface area contributed by atoms with Gasteiger partial charge in [-0.05, 0) is 37.5 Å². The summed E-state index contributed by atoms with van der Waals surface area (Å²) in [4.78, 5) is 14.6. The third-order valence-corrected chi connectivity index (χ3v) is 3.69. The molecule has 0 radical (unpaired) electrons. The highest BCUT2D eigenvalue weighted by molar-refractivity contribution is 5.73. The van der Waals surface area contributed by atoms with Crippen molar-refractivity contribution in [1.82, 2.24) is 4.98 Å². The minimum atomic E-state index is -0.352. The van der Waals surface area contributed by atoms with E-state index in [9.17, 15) is 10.1 Å². The number of nitrogens with zero attached hydrogens (tertiary/aromatic N) is 1. The average molecular weight is 296 g/mol. The second-order valence-corrected chi connectivity index (χ2v) is 5.37. The van der Waals surface area contributed by atoms with Crippen LogP contribution >= 0.6 is 0 Å². The van der Waals surface area contributed by atoms with E-state index in [2.05, 4.69) is 11.9 Å². The molecule has 1 heterocycles. The number of aromatic amines is 1. The summed E-state index contributed by atoms with van der Waals surface area (Å²) in [6, 6.07) is 11.6. The molecule has 0 aliphatic carbocycles. The zero-order valence-corrected chi connectivity index (χ0v) is 13.1. The summed E-state index contributed by atoms with van der Waals surface area (Å²) in [5, 5.41) is 9.30. The van der Waals surface area contributed by atoms with E-state index in [-0.39, 0.29) is 17.2 Å². The van der Waals surface area contributed by atoms with Crippen LogP contribution in [0.2, 0.25) is 0 Å². The number of nitrogens with one attached hydrogen (secondary N) is 1. The van der Waals surface area contributed by atoms with Crippen molar-refractivity contribution in [3.63, 3.8) is 0 Å².